The third-order valence-corrected chi connectivity index (χ3v) is 5.12. The molecule has 2 nitrogen and oxygen atoms in total. The van der Waals surface area contributed by atoms with Gasteiger partial charge in [0.1, 0.15) is 0 Å². The molecule has 0 aliphatic heterocycles. The van der Waals surface area contributed by atoms with Gasteiger partial charge in [-0.1, -0.05) is 38.1 Å². The summed E-state index contributed by atoms with van der Waals surface area (Å²) < 4.78 is 0. The van der Waals surface area contributed by atoms with Crippen LogP contribution in [0.25, 0.3) is 0 Å². The molecule has 1 rings (SSSR count). The summed E-state index contributed by atoms with van der Waals surface area (Å²) in [5.74, 6) is 0. The zero-order valence-corrected chi connectivity index (χ0v) is 12.6. The summed E-state index contributed by atoms with van der Waals surface area (Å²) in [5.41, 5.74) is 8.83. The molecule has 0 spiro atoms. The number of aryl methyl sites for hydroxylation is 1. The van der Waals surface area contributed by atoms with Crippen LogP contribution in [-0.2, 0) is 0 Å². The fourth-order valence-electron chi connectivity index (χ4n) is 1.87. The van der Waals surface area contributed by atoms with Crippen LogP contribution in [0, 0.1) is 6.92 Å². The molecule has 102 valence electrons. The normalized spacial score (nSPS) is 18.1. The topological polar surface area (TPSA) is 46.2 Å². The highest BCUT2D eigenvalue weighted by molar-refractivity contribution is 8.00. The molecule has 3 N–H and O–H groups in total. The van der Waals surface area contributed by atoms with Gasteiger partial charge in [0, 0.05) is 16.5 Å². The van der Waals surface area contributed by atoms with Gasteiger partial charge in [0.15, 0.2) is 0 Å². The Balaban J connectivity index is 2.95. The molecule has 0 fully saturated rings. The molecule has 4 atom stereocenters. The summed E-state index contributed by atoms with van der Waals surface area (Å²) in [6, 6.07) is 8.51. The fourth-order valence-corrected chi connectivity index (χ4v) is 3.37. The third-order valence-electron chi connectivity index (χ3n) is 3.40. The molecule has 0 saturated carbocycles. The van der Waals surface area contributed by atoms with Crippen LogP contribution in [0.15, 0.2) is 24.3 Å². The number of rotatable bonds is 6. The van der Waals surface area contributed by atoms with Crippen molar-refractivity contribution in [3.05, 3.63) is 35.4 Å². The second-order valence-corrected chi connectivity index (χ2v) is 6.45. The lowest BCUT2D eigenvalue weighted by atomic mass is 10.00. The minimum atomic E-state index is -0.314. The summed E-state index contributed by atoms with van der Waals surface area (Å²) >= 11 is 1.78. The Hall–Kier alpha value is -0.510. The SMILES string of the molecule is CCC(N)C(SC(C)C(C)O)c1ccccc1C. The maximum Gasteiger partial charge on any atom is 0.0628 e. The van der Waals surface area contributed by atoms with Gasteiger partial charge < -0.3 is 10.8 Å². The summed E-state index contributed by atoms with van der Waals surface area (Å²) in [6.45, 7) is 8.13. The van der Waals surface area contributed by atoms with E-state index in [2.05, 4.69) is 45.0 Å². The zero-order valence-electron chi connectivity index (χ0n) is 11.8. The summed E-state index contributed by atoms with van der Waals surface area (Å²) in [4.78, 5) is 0. The van der Waals surface area contributed by atoms with E-state index in [1.165, 1.54) is 11.1 Å². The van der Waals surface area contributed by atoms with Crippen molar-refractivity contribution in [3.63, 3.8) is 0 Å². The van der Waals surface area contributed by atoms with E-state index in [1.54, 1.807) is 11.8 Å². The van der Waals surface area contributed by atoms with Gasteiger partial charge in [-0.2, -0.15) is 0 Å². The summed E-state index contributed by atoms with van der Waals surface area (Å²) in [7, 11) is 0. The Morgan fingerprint density at radius 2 is 1.89 bits per heavy atom. The van der Waals surface area contributed by atoms with Crippen LogP contribution in [0.4, 0.5) is 0 Å². The van der Waals surface area contributed by atoms with Crippen molar-refractivity contribution in [1.82, 2.24) is 0 Å². The van der Waals surface area contributed by atoms with Gasteiger partial charge >= 0.3 is 0 Å². The molecule has 0 aromatic heterocycles. The molecular weight excluding hydrogens is 242 g/mol. The molecule has 0 saturated heterocycles. The monoisotopic (exact) mass is 267 g/mol. The number of hydrogen-bond acceptors (Lipinski definition) is 3. The number of aliphatic hydroxyl groups excluding tert-OH is 1. The molecule has 3 heteroatoms. The van der Waals surface area contributed by atoms with Gasteiger partial charge in [-0.3, -0.25) is 0 Å². The first-order valence-corrected chi connectivity index (χ1v) is 7.56. The van der Waals surface area contributed by atoms with Crippen molar-refractivity contribution in [2.45, 2.75) is 56.8 Å². The van der Waals surface area contributed by atoms with Crippen LogP contribution in [-0.4, -0.2) is 22.5 Å². The van der Waals surface area contributed by atoms with E-state index in [1.807, 2.05) is 6.92 Å². The van der Waals surface area contributed by atoms with Crippen molar-refractivity contribution in [2.24, 2.45) is 5.73 Å². The highest BCUT2D eigenvalue weighted by Gasteiger charge is 2.24. The van der Waals surface area contributed by atoms with Crippen molar-refractivity contribution >= 4 is 11.8 Å². The average molecular weight is 267 g/mol. The summed E-state index contributed by atoms with van der Waals surface area (Å²) in [5, 5.41) is 10.1. The van der Waals surface area contributed by atoms with Crippen molar-refractivity contribution in [2.75, 3.05) is 0 Å². The number of hydrogen-bond donors (Lipinski definition) is 2. The molecule has 18 heavy (non-hydrogen) atoms. The molecular formula is C15H25NOS. The first kappa shape index (κ1) is 15.5. The molecule has 1 aromatic rings. The number of nitrogens with two attached hydrogens (primary N) is 1. The van der Waals surface area contributed by atoms with Gasteiger partial charge in [-0.05, 0) is 31.4 Å². The quantitative estimate of drug-likeness (QED) is 0.831. The molecule has 0 aliphatic rings. The Morgan fingerprint density at radius 3 is 2.39 bits per heavy atom. The van der Waals surface area contributed by atoms with E-state index < -0.39 is 0 Å². The molecule has 1 aromatic carbocycles. The minimum Gasteiger partial charge on any atom is -0.392 e. The van der Waals surface area contributed by atoms with Crippen LogP contribution in [0.2, 0.25) is 0 Å². The minimum absolute atomic E-state index is 0.122. The third kappa shape index (κ3) is 4.01. The maximum absolute atomic E-state index is 9.68. The molecule has 0 radical (unpaired) electrons. The molecule has 4 unspecified atom stereocenters. The molecule has 0 aliphatic carbocycles. The van der Waals surface area contributed by atoms with Gasteiger partial charge in [0.25, 0.3) is 0 Å². The largest absolute Gasteiger partial charge is 0.392 e. The van der Waals surface area contributed by atoms with Crippen LogP contribution in [0.5, 0.6) is 0 Å². The smallest absolute Gasteiger partial charge is 0.0628 e. The van der Waals surface area contributed by atoms with Crippen LogP contribution >= 0.6 is 11.8 Å². The van der Waals surface area contributed by atoms with Crippen molar-refractivity contribution in [1.29, 1.82) is 0 Å². The highest BCUT2D eigenvalue weighted by Crippen LogP contribution is 2.37. The standard InChI is InChI=1S/C15H25NOS/c1-5-14(16)15(18-12(4)11(3)17)13-9-7-6-8-10(13)2/h6-9,11-12,14-15,17H,5,16H2,1-4H3. The van der Waals surface area contributed by atoms with Crippen molar-refractivity contribution in [3.8, 4) is 0 Å². The van der Waals surface area contributed by atoms with Gasteiger partial charge in [-0.15, -0.1) is 11.8 Å². The van der Waals surface area contributed by atoms with Crippen LogP contribution in [0.1, 0.15) is 43.6 Å². The van der Waals surface area contributed by atoms with Crippen LogP contribution in [0.3, 0.4) is 0 Å². The number of aliphatic hydroxyl groups is 1. The Morgan fingerprint density at radius 1 is 1.28 bits per heavy atom. The fraction of sp³-hybridized carbons (Fsp3) is 0.600. The lowest BCUT2D eigenvalue weighted by Crippen LogP contribution is -2.29. The van der Waals surface area contributed by atoms with E-state index in [0.717, 1.165) is 6.42 Å². The molecule has 0 amide bonds. The van der Waals surface area contributed by atoms with Gasteiger partial charge in [0.2, 0.25) is 0 Å². The summed E-state index contributed by atoms with van der Waals surface area (Å²) in [6.07, 6.45) is 0.629. The predicted octanol–water partition coefficient (Wildman–Crippen LogP) is 3.28. The lowest BCUT2D eigenvalue weighted by Gasteiger charge is -2.28. The Kier molecular flexibility index (Phi) is 6.19. The van der Waals surface area contributed by atoms with Gasteiger partial charge in [-0.25, -0.2) is 0 Å². The Labute approximate surface area is 115 Å². The van der Waals surface area contributed by atoms with Gasteiger partial charge in [0.05, 0.1) is 6.10 Å². The molecule has 0 bridgehead atoms. The van der Waals surface area contributed by atoms with E-state index in [4.69, 9.17) is 5.73 Å². The van der Waals surface area contributed by atoms with E-state index >= 15 is 0 Å². The first-order chi connectivity index (χ1) is 8.47. The van der Waals surface area contributed by atoms with Crippen LogP contribution < -0.4 is 5.73 Å². The van der Waals surface area contributed by atoms with E-state index in [-0.39, 0.29) is 22.6 Å². The van der Waals surface area contributed by atoms with E-state index in [9.17, 15) is 5.11 Å². The average Bonchev–Trinajstić information content (AvgIpc) is 2.35. The number of benzene rings is 1. The maximum atomic E-state index is 9.68. The number of thioether (sulfide) groups is 1. The van der Waals surface area contributed by atoms with E-state index in [0.29, 0.717) is 0 Å². The lowest BCUT2D eigenvalue weighted by molar-refractivity contribution is 0.196. The second-order valence-electron chi connectivity index (χ2n) is 4.93. The highest BCUT2D eigenvalue weighted by atomic mass is 32.2. The molecule has 0 heterocycles. The van der Waals surface area contributed by atoms with Crippen molar-refractivity contribution < 1.29 is 5.11 Å². The first-order valence-electron chi connectivity index (χ1n) is 6.62. The second kappa shape index (κ2) is 7.17. The predicted molar refractivity (Wildman–Crippen MR) is 80.9 cm³/mol. The zero-order chi connectivity index (χ0) is 13.7. The Bertz CT molecular complexity index is 367.